The van der Waals surface area contributed by atoms with Crippen molar-refractivity contribution in [3.8, 4) is 16.2 Å². The number of thiophene rings is 2. The molecule has 3 aromatic rings. The van der Waals surface area contributed by atoms with E-state index in [1.807, 2.05) is 0 Å². The number of sulfone groups is 1. The molecule has 0 unspecified atom stereocenters. The average molecular weight is 575 g/mol. The standard InChI is InChI=1S/C23H21F3N2O6S3/c24-23(25,26)34-17-3-1-15(2-4-17)18-5-6-19(36-18)22(13-20(29)27-31)8-9-28(10-12-37(22,32)33)21(30)16-7-11-35-14-16/h1-7,11,14,31H,8-10,12-13H2,(H,27,29)/t22-/m0/s1. The molecule has 1 aliphatic heterocycles. The summed E-state index contributed by atoms with van der Waals surface area (Å²) in [4.78, 5) is 27.5. The summed E-state index contributed by atoms with van der Waals surface area (Å²) in [5.74, 6) is -2.00. The molecule has 1 atom stereocenters. The summed E-state index contributed by atoms with van der Waals surface area (Å²) in [5.41, 5.74) is 2.47. The Morgan fingerprint density at radius 2 is 1.84 bits per heavy atom. The van der Waals surface area contributed by atoms with Crippen molar-refractivity contribution in [1.82, 2.24) is 10.4 Å². The number of hydrogen-bond acceptors (Lipinski definition) is 8. The zero-order valence-corrected chi connectivity index (χ0v) is 21.5. The first kappa shape index (κ1) is 27.1. The van der Waals surface area contributed by atoms with Crippen LogP contribution in [0.2, 0.25) is 0 Å². The van der Waals surface area contributed by atoms with E-state index in [-0.39, 0.29) is 25.4 Å². The maximum atomic E-state index is 13.6. The molecule has 0 aliphatic carbocycles. The third-order valence-electron chi connectivity index (χ3n) is 6.06. The van der Waals surface area contributed by atoms with Crippen molar-refractivity contribution < 1.29 is 41.1 Å². The van der Waals surface area contributed by atoms with Crippen LogP contribution in [0.25, 0.3) is 10.4 Å². The van der Waals surface area contributed by atoms with E-state index in [1.165, 1.54) is 33.8 Å². The van der Waals surface area contributed by atoms with E-state index in [4.69, 9.17) is 0 Å². The fraction of sp³-hybridized carbons (Fsp3) is 0.304. The summed E-state index contributed by atoms with van der Waals surface area (Å²) in [7, 11) is -4.01. The molecule has 0 radical (unpaired) electrons. The lowest BCUT2D eigenvalue weighted by atomic mass is 9.97. The molecule has 198 valence electrons. The fourth-order valence-electron chi connectivity index (χ4n) is 4.20. The predicted molar refractivity (Wildman–Crippen MR) is 131 cm³/mol. The minimum atomic E-state index is -4.83. The highest BCUT2D eigenvalue weighted by molar-refractivity contribution is 7.92. The molecule has 14 heteroatoms. The van der Waals surface area contributed by atoms with Gasteiger partial charge in [-0.3, -0.25) is 14.8 Å². The Balaban J connectivity index is 1.67. The van der Waals surface area contributed by atoms with Crippen molar-refractivity contribution in [2.75, 3.05) is 18.8 Å². The van der Waals surface area contributed by atoms with Crippen LogP contribution in [-0.2, 0) is 19.4 Å². The molecule has 2 amide bonds. The number of hydrogen-bond donors (Lipinski definition) is 2. The first-order valence-electron chi connectivity index (χ1n) is 10.9. The number of nitrogens with zero attached hydrogens (tertiary/aromatic N) is 1. The van der Waals surface area contributed by atoms with Crippen LogP contribution >= 0.6 is 22.7 Å². The Labute approximate surface area is 218 Å². The lowest BCUT2D eigenvalue weighted by Crippen LogP contribution is -2.41. The predicted octanol–water partition coefficient (Wildman–Crippen LogP) is 4.43. The highest BCUT2D eigenvalue weighted by Crippen LogP contribution is 2.45. The van der Waals surface area contributed by atoms with Crippen LogP contribution in [0, 0.1) is 0 Å². The summed E-state index contributed by atoms with van der Waals surface area (Å²) < 4.78 is 66.8. The molecule has 1 fully saturated rings. The third-order valence-corrected chi connectivity index (χ3v) is 10.7. The molecule has 8 nitrogen and oxygen atoms in total. The lowest BCUT2D eigenvalue weighted by Gasteiger charge is -2.30. The van der Waals surface area contributed by atoms with Crippen LogP contribution in [0.15, 0.2) is 53.2 Å². The number of rotatable bonds is 6. The summed E-state index contributed by atoms with van der Waals surface area (Å²) in [6.45, 7) is 0.00172. The molecule has 2 aromatic heterocycles. The van der Waals surface area contributed by atoms with Gasteiger partial charge >= 0.3 is 6.36 Å². The van der Waals surface area contributed by atoms with Gasteiger partial charge in [-0.05, 0) is 59.8 Å². The highest BCUT2D eigenvalue weighted by atomic mass is 32.2. The number of nitrogens with one attached hydrogen (secondary N) is 1. The van der Waals surface area contributed by atoms with Crippen molar-refractivity contribution in [2.24, 2.45) is 0 Å². The van der Waals surface area contributed by atoms with E-state index in [0.29, 0.717) is 20.9 Å². The van der Waals surface area contributed by atoms with E-state index in [9.17, 15) is 36.4 Å². The quantitative estimate of drug-likeness (QED) is 0.333. The first-order chi connectivity index (χ1) is 17.4. The molecular formula is C23H21F3N2O6S3. The summed E-state index contributed by atoms with van der Waals surface area (Å²) in [6.07, 6.45) is -5.48. The van der Waals surface area contributed by atoms with Crippen LogP contribution < -0.4 is 10.2 Å². The molecule has 1 saturated heterocycles. The number of hydroxylamine groups is 1. The molecule has 1 aromatic carbocycles. The number of ether oxygens (including phenoxy) is 1. The Morgan fingerprint density at radius 1 is 1.11 bits per heavy atom. The molecule has 2 N–H and O–H groups in total. The molecular weight excluding hydrogens is 553 g/mol. The van der Waals surface area contributed by atoms with Crippen LogP contribution in [0.3, 0.4) is 0 Å². The molecule has 0 bridgehead atoms. The van der Waals surface area contributed by atoms with E-state index < -0.39 is 44.8 Å². The number of carbonyl (C=O) groups is 2. The minimum Gasteiger partial charge on any atom is -0.406 e. The molecule has 4 rings (SSSR count). The van der Waals surface area contributed by atoms with Gasteiger partial charge in [-0.1, -0.05) is 0 Å². The van der Waals surface area contributed by atoms with Gasteiger partial charge in [0, 0.05) is 28.2 Å². The third kappa shape index (κ3) is 5.81. The van der Waals surface area contributed by atoms with Gasteiger partial charge in [0.25, 0.3) is 5.91 Å². The van der Waals surface area contributed by atoms with Gasteiger partial charge in [0.05, 0.1) is 17.7 Å². The highest BCUT2D eigenvalue weighted by Gasteiger charge is 2.50. The Morgan fingerprint density at radius 3 is 2.46 bits per heavy atom. The van der Waals surface area contributed by atoms with Crippen molar-refractivity contribution in [2.45, 2.75) is 24.0 Å². The first-order valence-corrected chi connectivity index (χ1v) is 14.3. The van der Waals surface area contributed by atoms with Crippen molar-refractivity contribution in [3.63, 3.8) is 0 Å². The molecule has 0 saturated carbocycles. The maximum Gasteiger partial charge on any atom is 0.573 e. The van der Waals surface area contributed by atoms with Gasteiger partial charge < -0.3 is 9.64 Å². The van der Waals surface area contributed by atoms with Gasteiger partial charge in [0.15, 0.2) is 9.84 Å². The van der Waals surface area contributed by atoms with Gasteiger partial charge in [0.2, 0.25) is 5.91 Å². The van der Waals surface area contributed by atoms with Crippen molar-refractivity contribution in [3.05, 3.63) is 63.7 Å². The van der Waals surface area contributed by atoms with Crippen molar-refractivity contribution >= 4 is 44.3 Å². The monoisotopic (exact) mass is 574 g/mol. The number of amides is 2. The van der Waals surface area contributed by atoms with Gasteiger partial charge in [-0.2, -0.15) is 11.3 Å². The summed E-state index contributed by atoms with van der Waals surface area (Å²) in [6, 6.07) is 9.93. The minimum absolute atomic E-state index is 0.0571. The number of halogens is 3. The molecule has 1 aliphatic rings. The van der Waals surface area contributed by atoms with E-state index >= 15 is 0 Å². The number of alkyl halides is 3. The molecule has 37 heavy (non-hydrogen) atoms. The van der Waals surface area contributed by atoms with Crippen LogP contribution in [0.1, 0.15) is 28.1 Å². The second-order valence-electron chi connectivity index (χ2n) is 8.32. The van der Waals surface area contributed by atoms with E-state index in [0.717, 1.165) is 23.5 Å². The number of benzene rings is 1. The van der Waals surface area contributed by atoms with Crippen LogP contribution in [-0.4, -0.2) is 55.5 Å². The fourth-order valence-corrected chi connectivity index (χ4v) is 8.44. The van der Waals surface area contributed by atoms with E-state index in [2.05, 4.69) is 4.74 Å². The molecule has 0 spiro atoms. The van der Waals surface area contributed by atoms with Crippen LogP contribution in [0.4, 0.5) is 13.2 Å². The normalized spacial score (nSPS) is 19.7. The topological polar surface area (TPSA) is 113 Å². The SMILES string of the molecule is O=C(C[C@]1(c2ccc(-c3ccc(OC(F)(F)F)cc3)s2)CCN(C(=O)c2ccsc2)CCS1(=O)=O)NO. The van der Waals surface area contributed by atoms with Gasteiger partial charge in [-0.25, -0.2) is 13.9 Å². The van der Waals surface area contributed by atoms with Gasteiger partial charge in [0.1, 0.15) is 10.5 Å². The second kappa shape index (κ2) is 10.4. The van der Waals surface area contributed by atoms with Crippen molar-refractivity contribution in [1.29, 1.82) is 0 Å². The smallest absolute Gasteiger partial charge is 0.406 e. The van der Waals surface area contributed by atoms with E-state index in [1.54, 1.807) is 29.0 Å². The average Bonchev–Trinajstić information content (AvgIpc) is 3.53. The Kier molecular flexibility index (Phi) is 7.65. The largest absolute Gasteiger partial charge is 0.573 e. The molecule has 3 heterocycles. The summed E-state index contributed by atoms with van der Waals surface area (Å²) >= 11 is 2.42. The Hall–Kier alpha value is -2.94. The Bertz CT molecular complexity index is 1370. The lowest BCUT2D eigenvalue weighted by molar-refractivity contribution is -0.274. The summed E-state index contributed by atoms with van der Waals surface area (Å²) in [5, 5.41) is 12.6. The van der Waals surface area contributed by atoms with Gasteiger partial charge in [-0.15, -0.1) is 24.5 Å². The zero-order chi connectivity index (χ0) is 26.8. The second-order valence-corrected chi connectivity index (χ2v) is 12.6. The van der Waals surface area contributed by atoms with Crippen LogP contribution in [0.5, 0.6) is 5.75 Å². The zero-order valence-electron chi connectivity index (χ0n) is 19.0. The maximum absolute atomic E-state index is 13.6. The number of carbonyl (C=O) groups excluding carboxylic acids is 2.